The first-order valence-corrected chi connectivity index (χ1v) is 6.22. The van der Waals surface area contributed by atoms with Gasteiger partial charge in [0.25, 0.3) is 0 Å². The van der Waals surface area contributed by atoms with Crippen molar-refractivity contribution in [2.75, 3.05) is 6.54 Å². The number of aliphatic hydroxyl groups excluding tert-OH is 1. The molecule has 7 nitrogen and oxygen atoms in total. The molecule has 3 N–H and O–H groups in total. The predicted octanol–water partition coefficient (Wildman–Crippen LogP) is 0.258. The Morgan fingerprint density at radius 1 is 1.25 bits per heavy atom. The maximum absolute atomic E-state index is 10.6. The van der Waals surface area contributed by atoms with Crippen molar-refractivity contribution in [1.82, 2.24) is 20.3 Å². The van der Waals surface area contributed by atoms with E-state index in [0.29, 0.717) is 19.6 Å². The third kappa shape index (κ3) is 3.87. The molecule has 0 atom stereocenters. The molecule has 106 valence electrons. The van der Waals surface area contributed by atoms with E-state index in [1.165, 1.54) is 10.9 Å². The summed E-state index contributed by atoms with van der Waals surface area (Å²) >= 11 is 0. The number of aromatic carboxylic acids is 1. The highest BCUT2D eigenvalue weighted by Gasteiger charge is 2.07. The molecule has 2 aromatic rings. The van der Waals surface area contributed by atoms with E-state index < -0.39 is 5.97 Å². The van der Waals surface area contributed by atoms with Crippen LogP contribution in [0.4, 0.5) is 0 Å². The van der Waals surface area contributed by atoms with E-state index in [1.807, 2.05) is 24.3 Å². The summed E-state index contributed by atoms with van der Waals surface area (Å²) in [5, 5.41) is 28.1. The van der Waals surface area contributed by atoms with E-state index >= 15 is 0 Å². The zero-order valence-corrected chi connectivity index (χ0v) is 10.9. The molecule has 0 aliphatic rings. The summed E-state index contributed by atoms with van der Waals surface area (Å²) in [6.45, 7) is 1.96. The minimum absolute atomic E-state index is 0.0475. The van der Waals surface area contributed by atoms with Gasteiger partial charge in [0.1, 0.15) is 0 Å². The largest absolute Gasteiger partial charge is 0.476 e. The van der Waals surface area contributed by atoms with Crippen molar-refractivity contribution >= 4 is 5.97 Å². The zero-order chi connectivity index (χ0) is 14.4. The van der Waals surface area contributed by atoms with Crippen LogP contribution in [0.1, 0.15) is 21.6 Å². The Kier molecular flexibility index (Phi) is 4.80. The number of aromatic nitrogens is 3. The van der Waals surface area contributed by atoms with Gasteiger partial charge in [-0.05, 0) is 11.1 Å². The first kappa shape index (κ1) is 14.2. The van der Waals surface area contributed by atoms with Crippen LogP contribution in [0.2, 0.25) is 0 Å². The van der Waals surface area contributed by atoms with Crippen LogP contribution in [0.15, 0.2) is 30.5 Å². The van der Waals surface area contributed by atoms with E-state index in [-0.39, 0.29) is 12.3 Å². The molecule has 0 aliphatic carbocycles. The number of nitrogens with one attached hydrogen (secondary N) is 1. The summed E-state index contributed by atoms with van der Waals surface area (Å²) in [6, 6.07) is 7.67. The van der Waals surface area contributed by atoms with Gasteiger partial charge in [-0.3, -0.25) is 4.68 Å². The molecule has 1 aromatic heterocycles. The van der Waals surface area contributed by atoms with Crippen molar-refractivity contribution in [3.8, 4) is 0 Å². The summed E-state index contributed by atoms with van der Waals surface area (Å²) in [6.07, 6.45) is 1.40. The minimum Gasteiger partial charge on any atom is -0.476 e. The van der Waals surface area contributed by atoms with Gasteiger partial charge in [-0.15, -0.1) is 5.10 Å². The van der Waals surface area contributed by atoms with Gasteiger partial charge < -0.3 is 15.5 Å². The van der Waals surface area contributed by atoms with Gasteiger partial charge in [0, 0.05) is 13.1 Å². The van der Waals surface area contributed by atoms with Crippen molar-refractivity contribution in [1.29, 1.82) is 0 Å². The van der Waals surface area contributed by atoms with Crippen LogP contribution in [-0.4, -0.2) is 37.7 Å². The van der Waals surface area contributed by atoms with E-state index in [1.54, 1.807) is 0 Å². The van der Waals surface area contributed by atoms with Gasteiger partial charge in [-0.2, -0.15) is 0 Å². The Balaban J connectivity index is 1.73. The highest BCUT2D eigenvalue weighted by molar-refractivity contribution is 5.84. The van der Waals surface area contributed by atoms with Crippen LogP contribution in [0.25, 0.3) is 0 Å². The Bertz CT molecular complexity index is 565. The fourth-order valence-electron chi connectivity index (χ4n) is 1.69. The first-order chi connectivity index (χ1) is 9.69. The second-order valence-corrected chi connectivity index (χ2v) is 4.32. The molecular weight excluding hydrogens is 260 g/mol. The summed E-state index contributed by atoms with van der Waals surface area (Å²) in [4.78, 5) is 10.6. The molecular formula is C13H16N4O3. The number of carbonyl (C=O) groups is 1. The lowest BCUT2D eigenvalue weighted by molar-refractivity contribution is 0.0690. The van der Waals surface area contributed by atoms with Crippen LogP contribution in [0.3, 0.4) is 0 Å². The average molecular weight is 276 g/mol. The lowest BCUT2D eigenvalue weighted by atomic mass is 10.1. The van der Waals surface area contributed by atoms with E-state index in [9.17, 15) is 4.79 Å². The molecule has 0 amide bonds. The Morgan fingerprint density at radius 3 is 2.55 bits per heavy atom. The van der Waals surface area contributed by atoms with Gasteiger partial charge >= 0.3 is 5.97 Å². The Morgan fingerprint density at radius 2 is 1.95 bits per heavy atom. The van der Waals surface area contributed by atoms with Crippen LogP contribution in [0.5, 0.6) is 0 Å². The maximum atomic E-state index is 10.6. The van der Waals surface area contributed by atoms with Gasteiger partial charge in [0.05, 0.1) is 19.3 Å². The molecule has 2 rings (SSSR count). The number of carboxylic acids is 1. The molecule has 0 fully saturated rings. The third-order valence-electron chi connectivity index (χ3n) is 2.81. The van der Waals surface area contributed by atoms with Crippen LogP contribution in [0, 0.1) is 0 Å². The van der Waals surface area contributed by atoms with Crippen LogP contribution in [-0.2, 0) is 19.7 Å². The average Bonchev–Trinajstić information content (AvgIpc) is 2.93. The molecule has 0 spiro atoms. The number of aliphatic hydroxyl groups is 1. The SMILES string of the molecule is O=C(O)c1cn(CCNCc2ccc(CO)cc2)nn1. The second-order valence-electron chi connectivity index (χ2n) is 4.32. The normalized spacial score (nSPS) is 10.7. The van der Waals surface area contributed by atoms with Crippen molar-refractivity contribution in [3.63, 3.8) is 0 Å². The van der Waals surface area contributed by atoms with Crippen LogP contribution < -0.4 is 5.32 Å². The minimum atomic E-state index is -1.08. The topological polar surface area (TPSA) is 100 Å². The monoisotopic (exact) mass is 276 g/mol. The molecule has 0 saturated carbocycles. The van der Waals surface area contributed by atoms with E-state index in [4.69, 9.17) is 10.2 Å². The predicted molar refractivity (Wildman–Crippen MR) is 71.1 cm³/mol. The van der Waals surface area contributed by atoms with Crippen molar-refractivity contribution < 1.29 is 15.0 Å². The molecule has 20 heavy (non-hydrogen) atoms. The number of nitrogens with zero attached hydrogens (tertiary/aromatic N) is 3. The molecule has 0 radical (unpaired) electrons. The maximum Gasteiger partial charge on any atom is 0.358 e. The van der Waals surface area contributed by atoms with Gasteiger partial charge in [-0.25, -0.2) is 4.79 Å². The lowest BCUT2D eigenvalue weighted by Gasteiger charge is -2.05. The fraction of sp³-hybridized carbons (Fsp3) is 0.308. The van der Waals surface area contributed by atoms with Gasteiger partial charge in [0.15, 0.2) is 5.69 Å². The molecule has 0 bridgehead atoms. The van der Waals surface area contributed by atoms with Crippen molar-refractivity contribution in [2.45, 2.75) is 19.7 Å². The smallest absolute Gasteiger partial charge is 0.358 e. The Labute approximate surface area is 115 Å². The molecule has 7 heteroatoms. The number of benzene rings is 1. The van der Waals surface area contributed by atoms with E-state index in [2.05, 4.69) is 15.6 Å². The highest BCUT2D eigenvalue weighted by atomic mass is 16.4. The first-order valence-electron chi connectivity index (χ1n) is 6.22. The summed E-state index contributed by atoms with van der Waals surface area (Å²) in [5.41, 5.74) is 1.95. The number of rotatable bonds is 7. The fourth-order valence-corrected chi connectivity index (χ4v) is 1.69. The quantitative estimate of drug-likeness (QED) is 0.627. The second kappa shape index (κ2) is 6.78. The number of hydrogen-bond acceptors (Lipinski definition) is 5. The van der Waals surface area contributed by atoms with Crippen LogP contribution >= 0.6 is 0 Å². The molecule has 1 aromatic carbocycles. The number of hydrogen-bond donors (Lipinski definition) is 3. The molecule has 0 aliphatic heterocycles. The van der Waals surface area contributed by atoms with Crippen molar-refractivity contribution in [2.24, 2.45) is 0 Å². The molecule has 0 saturated heterocycles. The highest BCUT2D eigenvalue weighted by Crippen LogP contribution is 2.03. The van der Waals surface area contributed by atoms with Gasteiger partial charge in [0.2, 0.25) is 0 Å². The van der Waals surface area contributed by atoms with Gasteiger partial charge in [-0.1, -0.05) is 29.5 Å². The number of carboxylic acid groups (broad SMARTS) is 1. The zero-order valence-electron chi connectivity index (χ0n) is 10.9. The standard InChI is InChI=1S/C13H16N4O3/c18-9-11-3-1-10(2-4-11)7-14-5-6-17-8-12(13(19)20)15-16-17/h1-4,8,14,18H,5-7,9H2,(H,19,20). The lowest BCUT2D eigenvalue weighted by Crippen LogP contribution is -2.19. The molecule has 1 heterocycles. The van der Waals surface area contributed by atoms with E-state index in [0.717, 1.165) is 11.1 Å². The molecule has 0 unspecified atom stereocenters. The van der Waals surface area contributed by atoms with Crippen molar-refractivity contribution in [3.05, 3.63) is 47.3 Å². The third-order valence-corrected chi connectivity index (χ3v) is 2.81. The Hall–Kier alpha value is -2.25. The summed E-state index contributed by atoms with van der Waals surface area (Å²) < 4.78 is 1.49. The summed E-state index contributed by atoms with van der Waals surface area (Å²) in [5.74, 6) is -1.08. The summed E-state index contributed by atoms with van der Waals surface area (Å²) in [7, 11) is 0.